The number of aromatic carboxylic acids is 1. The zero-order valence-electron chi connectivity index (χ0n) is 10.7. The van der Waals surface area contributed by atoms with E-state index in [4.69, 9.17) is 5.11 Å². The number of amides is 2. The zero-order valence-corrected chi connectivity index (χ0v) is 11.5. The van der Waals surface area contributed by atoms with Crippen molar-refractivity contribution in [3.63, 3.8) is 0 Å². The number of hydrogen-bond acceptors (Lipinski definition) is 4. The summed E-state index contributed by atoms with van der Waals surface area (Å²) < 4.78 is 0. The molecule has 0 spiro atoms. The van der Waals surface area contributed by atoms with Crippen LogP contribution in [0.3, 0.4) is 0 Å². The van der Waals surface area contributed by atoms with E-state index < -0.39 is 5.97 Å². The predicted octanol–water partition coefficient (Wildman–Crippen LogP) is 1.92. The Kier molecular flexibility index (Phi) is 5.50. The lowest BCUT2D eigenvalue weighted by Crippen LogP contribution is -2.33. The molecule has 0 bridgehead atoms. The van der Waals surface area contributed by atoms with E-state index in [9.17, 15) is 14.7 Å². The van der Waals surface area contributed by atoms with Gasteiger partial charge >= 0.3 is 12.0 Å². The van der Waals surface area contributed by atoms with Crippen LogP contribution in [0.5, 0.6) is 5.75 Å². The van der Waals surface area contributed by atoms with Crippen LogP contribution in [0.2, 0.25) is 0 Å². The number of aromatic hydroxyl groups is 1. The minimum absolute atomic E-state index is 0.200. The Hall–Kier alpha value is -1.89. The van der Waals surface area contributed by atoms with Gasteiger partial charge < -0.3 is 20.4 Å². The molecular weight excluding hydrogens is 268 g/mol. The molecular formula is C12H16N2O4S. The third-order valence-corrected chi connectivity index (χ3v) is 3.05. The summed E-state index contributed by atoms with van der Waals surface area (Å²) in [6.45, 7) is 0.603. The minimum Gasteiger partial charge on any atom is -0.507 e. The number of rotatable bonds is 5. The Bertz CT molecular complexity index is 479. The molecule has 0 fully saturated rings. The molecule has 0 radical (unpaired) electrons. The lowest BCUT2D eigenvalue weighted by molar-refractivity contribution is 0.0694. The monoisotopic (exact) mass is 284 g/mol. The summed E-state index contributed by atoms with van der Waals surface area (Å²) in [6.07, 6.45) is 1.95. The number of thioether (sulfide) groups is 1. The Morgan fingerprint density at radius 1 is 1.42 bits per heavy atom. The van der Waals surface area contributed by atoms with Crippen LogP contribution in [-0.4, -0.2) is 52.7 Å². The van der Waals surface area contributed by atoms with Crippen LogP contribution in [0, 0.1) is 0 Å². The maximum atomic E-state index is 11.8. The number of carbonyl (C=O) groups excluding carboxylic acids is 1. The lowest BCUT2D eigenvalue weighted by atomic mass is 10.2. The first-order valence-electron chi connectivity index (χ1n) is 5.53. The number of hydrogen-bond donors (Lipinski definition) is 3. The van der Waals surface area contributed by atoms with Crippen LogP contribution in [0.15, 0.2) is 18.2 Å². The number of urea groups is 1. The Labute approximate surface area is 115 Å². The topological polar surface area (TPSA) is 89.9 Å². The van der Waals surface area contributed by atoms with E-state index in [1.165, 1.54) is 23.1 Å². The van der Waals surface area contributed by atoms with E-state index in [1.54, 1.807) is 18.8 Å². The van der Waals surface area contributed by atoms with Crippen molar-refractivity contribution >= 4 is 29.4 Å². The highest BCUT2D eigenvalue weighted by Gasteiger charge is 2.12. The van der Waals surface area contributed by atoms with Gasteiger partial charge in [0.25, 0.3) is 0 Å². The van der Waals surface area contributed by atoms with Crippen LogP contribution >= 0.6 is 11.8 Å². The summed E-state index contributed by atoms with van der Waals surface area (Å²) in [5.41, 5.74) is 0.150. The second-order valence-corrected chi connectivity index (χ2v) is 4.87. The van der Waals surface area contributed by atoms with E-state index in [0.29, 0.717) is 12.2 Å². The van der Waals surface area contributed by atoms with Crippen molar-refractivity contribution in [2.24, 2.45) is 0 Å². The second-order valence-electron chi connectivity index (χ2n) is 3.88. The molecule has 0 atom stereocenters. The second kappa shape index (κ2) is 6.89. The molecule has 1 aromatic rings. The Balaban J connectivity index is 2.70. The third-order valence-electron chi connectivity index (χ3n) is 2.46. The SMILES string of the molecule is CSCCN(C)C(=O)Nc1ccc(C(=O)O)c(O)c1. The minimum atomic E-state index is -1.22. The summed E-state index contributed by atoms with van der Waals surface area (Å²) >= 11 is 1.63. The summed E-state index contributed by atoms with van der Waals surface area (Å²) in [6, 6.07) is 3.58. The molecule has 0 aromatic heterocycles. The Morgan fingerprint density at radius 3 is 2.63 bits per heavy atom. The molecule has 104 valence electrons. The van der Waals surface area contributed by atoms with E-state index in [-0.39, 0.29) is 17.3 Å². The van der Waals surface area contributed by atoms with Gasteiger partial charge in [-0.05, 0) is 18.4 Å². The van der Waals surface area contributed by atoms with Crippen LogP contribution in [0.4, 0.5) is 10.5 Å². The first kappa shape index (κ1) is 15.2. The van der Waals surface area contributed by atoms with E-state index in [1.807, 2.05) is 6.26 Å². The molecule has 1 aromatic carbocycles. The summed E-state index contributed by atoms with van der Waals surface area (Å²) in [5.74, 6) is -0.767. The zero-order chi connectivity index (χ0) is 14.4. The van der Waals surface area contributed by atoms with Crippen molar-refractivity contribution in [1.82, 2.24) is 4.90 Å². The van der Waals surface area contributed by atoms with Gasteiger partial charge in [0.2, 0.25) is 0 Å². The van der Waals surface area contributed by atoms with Crippen molar-refractivity contribution in [1.29, 1.82) is 0 Å². The first-order chi connectivity index (χ1) is 8.95. The molecule has 0 saturated carbocycles. The number of carbonyl (C=O) groups is 2. The third kappa shape index (κ3) is 4.36. The summed E-state index contributed by atoms with van der Waals surface area (Å²) in [5, 5.41) is 20.9. The Morgan fingerprint density at radius 2 is 2.11 bits per heavy atom. The molecule has 0 aliphatic carbocycles. The first-order valence-corrected chi connectivity index (χ1v) is 6.92. The lowest BCUT2D eigenvalue weighted by Gasteiger charge is -2.17. The molecule has 0 unspecified atom stereocenters. The predicted molar refractivity (Wildman–Crippen MR) is 75.1 cm³/mol. The quantitative estimate of drug-likeness (QED) is 0.768. The van der Waals surface area contributed by atoms with Gasteiger partial charge in [0.15, 0.2) is 0 Å². The molecule has 0 aliphatic heterocycles. The van der Waals surface area contributed by atoms with Crippen LogP contribution < -0.4 is 5.32 Å². The molecule has 1 rings (SSSR count). The molecule has 0 aliphatic rings. The molecule has 0 heterocycles. The van der Waals surface area contributed by atoms with Crippen molar-refractivity contribution in [3.05, 3.63) is 23.8 Å². The van der Waals surface area contributed by atoms with Crippen molar-refractivity contribution in [2.75, 3.05) is 30.9 Å². The van der Waals surface area contributed by atoms with Gasteiger partial charge in [0.1, 0.15) is 11.3 Å². The highest BCUT2D eigenvalue weighted by molar-refractivity contribution is 7.98. The van der Waals surface area contributed by atoms with Gasteiger partial charge in [-0.1, -0.05) is 0 Å². The van der Waals surface area contributed by atoms with Gasteiger partial charge in [0, 0.05) is 31.1 Å². The fourth-order valence-electron chi connectivity index (χ4n) is 1.34. The van der Waals surface area contributed by atoms with Gasteiger partial charge in [-0.3, -0.25) is 0 Å². The normalized spacial score (nSPS) is 10.0. The summed E-state index contributed by atoms with van der Waals surface area (Å²) in [4.78, 5) is 24.0. The van der Waals surface area contributed by atoms with Gasteiger partial charge in [0.05, 0.1) is 0 Å². The van der Waals surface area contributed by atoms with Gasteiger partial charge in [-0.2, -0.15) is 11.8 Å². The number of carboxylic acids is 1. The summed E-state index contributed by atoms with van der Waals surface area (Å²) in [7, 11) is 1.66. The number of nitrogens with one attached hydrogen (secondary N) is 1. The molecule has 0 saturated heterocycles. The largest absolute Gasteiger partial charge is 0.507 e. The van der Waals surface area contributed by atoms with Crippen LogP contribution in [0.25, 0.3) is 0 Å². The molecule has 7 heteroatoms. The van der Waals surface area contributed by atoms with Crippen LogP contribution in [0.1, 0.15) is 10.4 Å². The van der Waals surface area contributed by atoms with Crippen molar-refractivity contribution < 1.29 is 19.8 Å². The van der Waals surface area contributed by atoms with Crippen LogP contribution in [-0.2, 0) is 0 Å². The molecule has 3 N–H and O–H groups in total. The van der Waals surface area contributed by atoms with E-state index in [0.717, 1.165) is 5.75 Å². The number of nitrogens with zero attached hydrogens (tertiary/aromatic N) is 1. The maximum Gasteiger partial charge on any atom is 0.339 e. The maximum absolute atomic E-state index is 11.8. The molecule has 6 nitrogen and oxygen atoms in total. The highest BCUT2D eigenvalue weighted by Crippen LogP contribution is 2.22. The average molecular weight is 284 g/mol. The average Bonchev–Trinajstić information content (AvgIpc) is 2.35. The van der Waals surface area contributed by atoms with Gasteiger partial charge in [-0.15, -0.1) is 0 Å². The number of benzene rings is 1. The van der Waals surface area contributed by atoms with Crippen molar-refractivity contribution in [3.8, 4) is 5.75 Å². The van der Waals surface area contributed by atoms with E-state index >= 15 is 0 Å². The molecule has 2 amide bonds. The van der Waals surface area contributed by atoms with Gasteiger partial charge in [-0.25, -0.2) is 9.59 Å². The van der Waals surface area contributed by atoms with E-state index in [2.05, 4.69) is 5.32 Å². The van der Waals surface area contributed by atoms with Crippen molar-refractivity contribution in [2.45, 2.75) is 0 Å². The fraction of sp³-hybridized carbons (Fsp3) is 0.333. The standard InChI is InChI=1S/C12H16N2O4S/c1-14(5-6-19-2)12(18)13-8-3-4-9(11(16)17)10(15)7-8/h3-4,7,15H,5-6H2,1-2H3,(H,13,18)(H,16,17). The smallest absolute Gasteiger partial charge is 0.339 e. The number of anilines is 1. The fourth-order valence-corrected chi connectivity index (χ4v) is 1.80. The number of phenols is 1. The number of carboxylic acid groups (broad SMARTS) is 1. The highest BCUT2D eigenvalue weighted by atomic mass is 32.2. The molecule has 19 heavy (non-hydrogen) atoms.